The molecule has 80 valence electrons. The molecule has 0 rings (SSSR count). The molecule has 0 aromatic heterocycles. The first-order chi connectivity index (χ1) is 5.63. The maximum absolute atomic E-state index is 11.7. The molecule has 0 aliphatic carbocycles. The highest BCUT2D eigenvalue weighted by Crippen LogP contribution is 2.23. The maximum atomic E-state index is 11.7. The summed E-state index contributed by atoms with van der Waals surface area (Å²) in [6.07, 6.45) is -4.81. The fourth-order valence-corrected chi connectivity index (χ4v) is 0.876. The minimum atomic E-state index is -4.13. The average molecular weight is 199 g/mol. The number of hydrogen-bond donors (Lipinski definition) is 2. The van der Waals surface area contributed by atoms with Gasteiger partial charge in [0.15, 0.2) is 0 Å². The van der Waals surface area contributed by atoms with Gasteiger partial charge in [-0.25, -0.2) is 0 Å². The summed E-state index contributed by atoms with van der Waals surface area (Å²) >= 11 is 0. The van der Waals surface area contributed by atoms with Crippen LogP contribution in [0.3, 0.4) is 0 Å². The highest BCUT2D eigenvalue weighted by Gasteiger charge is 2.28. The van der Waals surface area contributed by atoms with Crippen LogP contribution >= 0.6 is 0 Å². The number of nitrogens with two attached hydrogens (primary N) is 1. The molecule has 0 fully saturated rings. The average Bonchev–Trinajstić information content (AvgIpc) is 1.82. The van der Waals surface area contributed by atoms with Crippen molar-refractivity contribution in [2.24, 2.45) is 5.73 Å². The van der Waals surface area contributed by atoms with Crippen molar-refractivity contribution >= 4 is 0 Å². The largest absolute Gasteiger partial charge is 0.389 e. The molecule has 0 aromatic rings. The van der Waals surface area contributed by atoms with Crippen LogP contribution in [0.4, 0.5) is 13.2 Å². The van der Waals surface area contributed by atoms with Gasteiger partial charge in [0.25, 0.3) is 0 Å². The molecule has 0 saturated heterocycles. The molecule has 0 radical (unpaired) electrons. The zero-order valence-electron chi connectivity index (χ0n) is 7.86. The quantitative estimate of drug-likeness (QED) is 0.725. The first kappa shape index (κ1) is 12.7. The molecule has 1 unspecified atom stereocenters. The predicted molar refractivity (Wildman–Crippen MR) is 44.2 cm³/mol. The van der Waals surface area contributed by atoms with Gasteiger partial charge in [-0.2, -0.15) is 13.2 Å². The van der Waals surface area contributed by atoms with E-state index < -0.39 is 24.2 Å². The van der Waals surface area contributed by atoms with Crippen LogP contribution in [0, 0.1) is 0 Å². The van der Waals surface area contributed by atoms with Gasteiger partial charge in [0.2, 0.25) is 0 Å². The lowest BCUT2D eigenvalue weighted by Crippen LogP contribution is -2.42. The Hall–Kier alpha value is -0.290. The van der Waals surface area contributed by atoms with E-state index in [-0.39, 0.29) is 12.8 Å². The summed E-state index contributed by atoms with van der Waals surface area (Å²) in [4.78, 5) is 0. The first-order valence-electron chi connectivity index (χ1n) is 4.17. The minimum Gasteiger partial charge on any atom is -0.389 e. The number of aliphatic hydroxyl groups is 1. The van der Waals surface area contributed by atoms with Gasteiger partial charge >= 0.3 is 6.18 Å². The van der Waals surface area contributed by atoms with E-state index in [2.05, 4.69) is 0 Å². The van der Waals surface area contributed by atoms with Gasteiger partial charge in [0, 0.05) is 12.5 Å². The Morgan fingerprint density at radius 2 is 1.77 bits per heavy atom. The Kier molecular flexibility index (Phi) is 4.19. The molecule has 0 spiro atoms. The van der Waals surface area contributed by atoms with Gasteiger partial charge in [-0.15, -0.1) is 0 Å². The van der Waals surface area contributed by atoms with Crippen LogP contribution in [0.15, 0.2) is 0 Å². The second-order valence-corrected chi connectivity index (χ2v) is 3.77. The summed E-state index contributed by atoms with van der Waals surface area (Å²) in [5, 5.41) is 9.31. The first-order valence-corrected chi connectivity index (χ1v) is 4.17. The molecule has 0 amide bonds. The fourth-order valence-electron chi connectivity index (χ4n) is 0.876. The van der Waals surface area contributed by atoms with Crippen LogP contribution in [0.25, 0.3) is 0 Å². The van der Waals surface area contributed by atoms with Crippen LogP contribution in [0.2, 0.25) is 0 Å². The third-order valence-corrected chi connectivity index (χ3v) is 1.88. The molecule has 5 heteroatoms. The number of halogens is 3. The zero-order chi connectivity index (χ0) is 10.7. The second kappa shape index (κ2) is 4.28. The third kappa shape index (κ3) is 6.83. The number of alkyl halides is 3. The Morgan fingerprint density at radius 1 is 1.31 bits per heavy atom. The molecule has 0 saturated carbocycles. The van der Waals surface area contributed by atoms with Crippen LogP contribution in [-0.4, -0.2) is 22.9 Å². The summed E-state index contributed by atoms with van der Waals surface area (Å²) in [5.74, 6) is 0. The predicted octanol–water partition coefficient (Wildman–Crippen LogP) is 1.82. The lowest BCUT2D eigenvalue weighted by Gasteiger charge is -2.25. The smallest absolute Gasteiger partial charge is 0.389 e. The third-order valence-electron chi connectivity index (χ3n) is 1.88. The Labute approximate surface area is 75.9 Å². The van der Waals surface area contributed by atoms with E-state index in [1.54, 1.807) is 0 Å². The zero-order valence-corrected chi connectivity index (χ0v) is 7.86. The topological polar surface area (TPSA) is 46.2 Å². The molecule has 0 aliphatic rings. The van der Waals surface area contributed by atoms with Crippen molar-refractivity contribution < 1.29 is 18.3 Å². The fraction of sp³-hybridized carbons (Fsp3) is 1.00. The van der Waals surface area contributed by atoms with Crippen molar-refractivity contribution in [3.63, 3.8) is 0 Å². The van der Waals surface area contributed by atoms with Crippen molar-refractivity contribution in [1.82, 2.24) is 0 Å². The Morgan fingerprint density at radius 3 is 2.08 bits per heavy atom. The van der Waals surface area contributed by atoms with E-state index in [4.69, 9.17) is 5.73 Å². The van der Waals surface area contributed by atoms with E-state index in [1.165, 1.54) is 13.8 Å². The lowest BCUT2D eigenvalue weighted by atomic mass is 9.95. The highest BCUT2D eigenvalue weighted by atomic mass is 19.4. The SMILES string of the molecule is CC(C)(O)C(N)CCCC(F)(F)F. The van der Waals surface area contributed by atoms with Gasteiger partial charge in [-0.1, -0.05) is 0 Å². The normalized spacial score (nSPS) is 15.9. The Bertz CT molecular complexity index is 150. The highest BCUT2D eigenvalue weighted by molar-refractivity contribution is 4.80. The van der Waals surface area contributed by atoms with Gasteiger partial charge in [-0.3, -0.25) is 0 Å². The van der Waals surface area contributed by atoms with Gasteiger partial charge in [0.05, 0.1) is 5.60 Å². The van der Waals surface area contributed by atoms with Crippen molar-refractivity contribution in [2.75, 3.05) is 0 Å². The molecule has 0 heterocycles. The molecular weight excluding hydrogens is 183 g/mol. The second-order valence-electron chi connectivity index (χ2n) is 3.77. The lowest BCUT2D eigenvalue weighted by molar-refractivity contribution is -0.136. The standard InChI is InChI=1S/C8H16F3NO/c1-7(2,13)6(12)4-3-5-8(9,10)11/h6,13H,3-5,12H2,1-2H3. The Balaban J connectivity index is 3.67. The minimum absolute atomic E-state index is 0.0331. The van der Waals surface area contributed by atoms with Gasteiger partial charge < -0.3 is 10.8 Å². The van der Waals surface area contributed by atoms with E-state index in [9.17, 15) is 18.3 Å². The van der Waals surface area contributed by atoms with Crippen LogP contribution in [0.5, 0.6) is 0 Å². The number of hydrogen-bond acceptors (Lipinski definition) is 2. The molecule has 0 aliphatic heterocycles. The molecule has 2 nitrogen and oxygen atoms in total. The molecule has 0 aromatic carbocycles. The van der Waals surface area contributed by atoms with Crippen LogP contribution < -0.4 is 5.73 Å². The molecule has 1 atom stereocenters. The van der Waals surface area contributed by atoms with E-state index in [0.29, 0.717) is 0 Å². The van der Waals surface area contributed by atoms with E-state index >= 15 is 0 Å². The number of rotatable bonds is 4. The summed E-state index contributed by atoms with van der Waals surface area (Å²) in [5.41, 5.74) is 4.36. The maximum Gasteiger partial charge on any atom is 0.389 e. The summed E-state index contributed by atoms with van der Waals surface area (Å²) in [7, 11) is 0. The van der Waals surface area contributed by atoms with E-state index in [1.807, 2.05) is 0 Å². The van der Waals surface area contributed by atoms with Crippen molar-refractivity contribution in [1.29, 1.82) is 0 Å². The van der Waals surface area contributed by atoms with Gasteiger partial charge in [0.1, 0.15) is 0 Å². The molecule has 13 heavy (non-hydrogen) atoms. The van der Waals surface area contributed by atoms with E-state index in [0.717, 1.165) is 0 Å². The molecular formula is C8H16F3NO. The molecule has 0 bridgehead atoms. The summed E-state index contributed by atoms with van der Waals surface area (Å²) in [6, 6.07) is -0.602. The van der Waals surface area contributed by atoms with Crippen molar-refractivity contribution in [2.45, 2.75) is 50.9 Å². The summed E-state index contributed by atoms with van der Waals surface area (Å²) < 4.78 is 35.1. The van der Waals surface area contributed by atoms with Gasteiger partial charge in [-0.05, 0) is 26.7 Å². The molecule has 3 N–H and O–H groups in total. The van der Waals surface area contributed by atoms with Crippen molar-refractivity contribution in [3.8, 4) is 0 Å². The van der Waals surface area contributed by atoms with Crippen LogP contribution in [-0.2, 0) is 0 Å². The van der Waals surface area contributed by atoms with Crippen LogP contribution in [0.1, 0.15) is 33.1 Å². The monoisotopic (exact) mass is 199 g/mol. The van der Waals surface area contributed by atoms with Crippen molar-refractivity contribution in [3.05, 3.63) is 0 Å². The summed E-state index contributed by atoms with van der Waals surface area (Å²) in [6.45, 7) is 2.98.